The SMILES string of the molecule is COCCC(Nc1ccccc1S(=O)(=O)N(C)C)C(=O)O. The number of anilines is 1. The van der Waals surface area contributed by atoms with Gasteiger partial charge < -0.3 is 15.2 Å². The molecular formula is C13H20N2O5S. The molecule has 21 heavy (non-hydrogen) atoms. The van der Waals surface area contributed by atoms with E-state index in [9.17, 15) is 18.3 Å². The number of nitrogens with one attached hydrogen (secondary N) is 1. The largest absolute Gasteiger partial charge is 0.480 e. The maximum Gasteiger partial charge on any atom is 0.326 e. The van der Waals surface area contributed by atoms with Crippen LogP contribution < -0.4 is 5.32 Å². The zero-order valence-corrected chi connectivity index (χ0v) is 13.1. The van der Waals surface area contributed by atoms with E-state index in [0.29, 0.717) is 0 Å². The van der Waals surface area contributed by atoms with Gasteiger partial charge in [-0.2, -0.15) is 0 Å². The van der Waals surface area contributed by atoms with Gasteiger partial charge >= 0.3 is 5.97 Å². The molecule has 0 spiro atoms. The number of rotatable bonds is 8. The average Bonchev–Trinajstić information content (AvgIpc) is 2.43. The monoisotopic (exact) mass is 316 g/mol. The van der Waals surface area contributed by atoms with E-state index in [0.717, 1.165) is 4.31 Å². The second kappa shape index (κ2) is 7.39. The molecule has 0 aliphatic heterocycles. The molecule has 1 rings (SSSR count). The lowest BCUT2D eigenvalue weighted by atomic mass is 10.2. The van der Waals surface area contributed by atoms with Crippen molar-refractivity contribution in [1.82, 2.24) is 4.31 Å². The van der Waals surface area contributed by atoms with E-state index >= 15 is 0 Å². The number of hydrogen-bond donors (Lipinski definition) is 2. The molecule has 118 valence electrons. The third kappa shape index (κ3) is 4.42. The predicted molar refractivity (Wildman–Crippen MR) is 78.9 cm³/mol. The van der Waals surface area contributed by atoms with Gasteiger partial charge in [0.05, 0.1) is 5.69 Å². The van der Waals surface area contributed by atoms with E-state index in [-0.39, 0.29) is 23.6 Å². The molecule has 1 unspecified atom stereocenters. The van der Waals surface area contributed by atoms with Crippen LogP contribution in [0.25, 0.3) is 0 Å². The summed E-state index contributed by atoms with van der Waals surface area (Å²) >= 11 is 0. The summed E-state index contributed by atoms with van der Waals surface area (Å²) in [5, 5.41) is 11.9. The molecule has 1 atom stereocenters. The number of benzene rings is 1. The molecule has 7 nitrogen and oxygen atoms in total. The highest BCUT2D eigenvalue weighted by Gasteiger charge is 2.24. The van der Waals surface area contributed by atoms with Gasteiger partial charge in [-0.1, -0.05) is 12.1 Å². The molecule has 0 aromatic heterocycles. The van der Waals surface area contributed by atoms with Crippen LogP contribution in [0.5, 0.6) is 0 Å². The molecule has 0 amide bonds. The minimum Gasteiger partial charge on any atom is -0.480 e. The highest BCUT2D eigenvalue weighted by atomic mass is 32.2. The van der Waals surface area contributed by atoms with Crippen LogP contribution in [-0.2, 0) is 19.6 Å². The second-order valence-corrected chi connectivity index (χ2v) is 6.72. The number of carboxylic acid groups (broad SMARTS) is 1. The maximum absolute atomic E-state index is 12.2. The summed E-state index contributed by atoms with van der Waals surface area (Å²) in [5.41, 5.74) is 0.259. The fourth-order valence-corrected chi connectivity index (χ4v) is 2.74. The Morgan fingerprint density at radius 2 is 2.00 bits per heavy atom. The van der Waals surface area contributed by atoms with E-state index in [1.807, 2.05) is 0 Å². The first-order chi connectivity index (χ1) is 9.80. The number of methoxy groups -OCH3 is 1. The van der Waals surface area contributed by atoms with Crippen LogP contribution in [0, 0.1) is 0 Å². The van der Waals surface area contributed by atoms with Crippen molar-refractivity contribution in [3.05, 3.63) is 24.3 Å². The number of carbonyl (C=O) groups is 1. The zero-order valence-electron chi connectivity index (χ0n) is 12.2. The summed E-state index contributed by atoms with van der Waals surface area (Å²) in [7, 11) is 0.668. The van der Waals surface area contributed by atoms with Crippen LogP contribution in [0.3, 0.4) is 0 Å². The summed E-state index contributed by atoms with van der Waals surface area (Å²) in [6, 6.07) is 5.29. The quantitative estimate of drug-likeness (QED) is 0.738. The van der Waals surface area contributed by atoms with Crippen molar-refractivity contribution < 1.29 is 23.1 Å². The summed E-state index contributed by atoms with van der Waals surface area (Å²) < 4.78 is 30.4. The fourth-order valence-electron chi connectivity index (χ4n) is 1.69. The number of nitrogens with zero attached hydrogens (tertiary/aromatic N) is 1. The number of hydrogen-bond acceptors (Lipinski definition) is 5. The lowest BCUT2D eigenvalue weighted by Crippen LogP contribution is -2.32. The van der Waals surface area contributed by atoms with Gasteiger partial charge in [0.25, 0.3) is 0 Å². The Labute approximate surface area is 124 Å². The van der Waals surface area contributed by atoms with Crippen molar-refractivity contribution in [3.63, 3.8) is 0 Å². The van der Waals surface area contributed by atoms with Crippen molar-refractivity contribution in [2.75, 3.05) is 33.1 Å². The van der Waals surface area contributed by atoms with Crippen molar-refractivity contribution in [3.8, 4) is 0 Å². The molecule has 0 saturated heterocycles. The standard InChI is InChI=1S/C13H20N2O5S/c1-15(2)21(18,19)12-7-5-4-6-10(12)14-11(13(16)17)8-9-20-3/h4-7,11,14H,8-9H2,1-3H3,(H,16,17). The van der Waals surface area contributed by atoms with E-state index in [4.69, 9.17) is 4.74 Å². The van der Waals surface area contributed by atoms with Crippen molar-refractivity contribution in [2.24, 2.45) is 0 Å². The van der Waals surface area contributed by atoms with Crippen molar-refractivity contribution >= 4 is 21.7 Å². The van der Waals surface area contributed by atoms with Gasteiger partial charge in [0.1, 0.15) is 10.9 Å². The Hall–Kier alpha value is -1.64. The Kier molecular flexibility index (Phi) is 6.13. The fraction of sp³-hybridized carbons (Fsp3) is 0.462. The zero-order chi connectivity index (χ0) is 16.0. The lowest BCUT2D eigenvalue weighted by molar-refractivity contribution is -0.138. The van der Waals surface area contributed by atoms with Gasteiger partial charge in [-0.05, 0) is 12.1 Å². The molecule has 0 aliphatic rings. The molecule has 1 aromatic carbocycles. The molecule has 0 saturated carbocycles. The van der Waals surface area contributed by atoms with E-state index < -0.39 is 22.0 Å². The lowest BCUT2D eigenvalue weighted by Gasteiger charge is -2.19. The average molecular weight is 316 g/mol. The van der Waals surface area contributed by atoms with Gasteiger partial charge in [-0.3, -0.25) is 0 Å². The highest BCUT2D eigenvalue weighted by Crippen LogP contribution is 2.24. The van der Waals surface area contributed by atoms with Crippen molar-refractivity contribution in [1.29, 1.82) is 0 Å². The van der Waals surface area contributed by atoms with E-state index in [2.05, 4.69) is 5.32 Å². The molecule has 1 aromatic rings. The number of sulfonamides is 1. The van der Waals surface area contributed by atoms with Gasteiger partial charge in [0.2, 0.25) is 10.0 Å². The number of aliphatic carboxylic acids is 1. The maximum atomic E-state index is 12.2. The first kappa shape index (κ1) is 17.4. The normalized spacial score (nSPS) is 13.1. The molecule has 0 bridgehead atoms. The minimum atomic E-state index is -3.65. The Morgan fingerprint density at radius 3 is 2.52 bits per heavy atom. The Morgan fingerprint density at radius 1 is 1.38 bits per heavy atom. The topological polar surface area (TPSA) is 95.9 Å². The van der Waals surface area contributed by atoms with E-state index in [1.54, 1.807) is 18.2 Å². The highest BCUT2D eigenvalue weighted by molar-refractivity contribution is 7.89. The van der Waals surface area contributed by atoms with Crippen molar-refractivity contribution in [2.45, 2.75) is 17.4 Å². The summed E-state index contributed by atoms with van der Waals surface area (Å²) in [5.74, 6) is -1.07. The summed E-state index contributed by atoms with van der Waals surface area (Å²) in [4.78, 5) is 11.3. The van der Waals surface area contributed by atoms with Crippen LogP contribution in [0.2, 0.25) is 0 Å². The second-order valence-electron chi connectivity index (χ2n) is 4.60. The van der Waals surface area contributed by atoms with Crippen LogP contribution in [0.15, 0.2) is 29.2 Å². The van der Waals surface area contributed by atoms with Gasteiger partial charge in [0.15, 0.2) is 0 Å². The summed E-state index contributed by atoms with van der Waals surface area (Å²) in [6.45, 7) is 0.257. The smallest absolute Gasteiger partial charge is 0.326 e. The molecule has 0 fully saturated rings. The van der Waals surface area contributed by atoms with Gasteiger partial charge in [0, 0.05) is 34.2 Å². The third-order valence-corrected chi connectivity index (χ3v) is 4.76. The van der Waals surface area contributed by atoms with Crippen LogP contribution in [0.1, 0.15) is 6.42 Å². The molecule has 0 radical (unpaired) electrons. The molecule has 0 aliphatic carbocycles. The molecule has 0 heterocycles. The molecule has 2 N–H and O–H groups in total. The Balaban J connectivity index is 3.11. The van der Waals surface area contributed by atoms with Crippen LogP contribution in [0.4, 0.5) is 5.69 Å². The summed E-state index contributed by atoms with van der Waals surface area (Å²) in [6.07, 6.45) is 0.224. The minimum absolute atomic E-state index is 0.0404. The first-order valence-electron chi connectivity index (χ1n) is 6.30. The third-order valence-electron chi connectivity index (χ3n) is 2.88. The van der Waals surface area contributed by atoms with Crippen LogP contribution >= 0.6 is 0 Å². The number of para-hydroxylation sites is 1. The number of ether oxygens (including phenoxy) is 1. The molecule has 8 heteroatoms. The van der Waals surface area contributed by atoms with Crippen LogP contribution in [-0.4, -0.2) is 57.7 Å². The predicted octanol–water partition coefficient (Wildman–Crippen LogP) is 0.838. The molecular weight excluding hydrogens is 296 g/mol. The van der Waals surface area contributed by atoms with Gasteiger partial charge in [-0.15, -0.1) is 0 Å². The van der Waals surface area contributed by atoms with Gasteiger partial charge in [-0.25, -0.2) is 17.5 Å². The Bertz CT molecular complexity index is 586. The number of carboxylic acids is 1. The van der Waals surface area contributed by atoms with E-state index in [1.165, 1.54) is 27.3 Å². The first-order valence-corrected chi connectivity index (χ1v) is 7.74.